The van der Waals surface area contributed by atoms with Crippen molar-refractivity contribution < 1.29 is 4.39 Å². The minimum Gasteiger partial charge on any atom is -0.378 e. The van der Waals surface area contributed by atoms with E-state index in [1.807, 2.05) is 11.8 Å². The van der Waals surface area contributed by atoms with E-state index in [-0.39, 0.29) is 6.67 Å². The van der Waals surface area contributed by atoms with Gasteiger partial charge >= 0.3 is 0 Å². The van der Waals surface area contributed by atoms with Crippen LogP contribution in [0.5, 0.6) is 0 Å². The van der Waals surface area contributed by atoms with E-state index in [2.05, 4.69) is 88.8 Å². The molecule has 0 unspecified atom stereocenters. The number of hydrogen-bond donors (Lipinski definition) is 0. The molecule has 0 heterocycles. The van der Waals surface area contributed by atoms with Crippen LogP contribution in [0.4, 0.5) is 10.1 Å². The molecule has 1 nitrogen and oxygen atoms in total. The van der Waals surface area contributed by atoms with E-state index >= 15 is 0 Å². The number of aryl methyl sites for hydroxylation is 1. The van der Waals surface area contributed by atoms with E-state index in [1.54, 1.807) is 6.92 Å². The van der Waals surface area contributed by atoms with Crippen molar-refractivity contribution in [3.8, 4) is 11.1 Å². The number of allylic oxidation sites excluding steroid dienone is 1. The topological polar surface area (TPSA) is 3.24 Å². The van der Waals surface area contributed by atoms with Crippen molar-refractivity contribution in [1.29, 1.82) is 0 Å². The first-order valence-electron chi connectivity index (χ1n) is 9.58. The average molecular weight is 388 g/mol. The van der Waals surface area contributed by atoms with Crippen molar-refractivity contribution in [2.24, 2.45) is 5.92 Å². The molecule has 27 heavy (non-hydrogen) atoms. The lowest BCUT2D eigenvalue weighted by molar-refractivity contribution is 0.487. The zero-order valence-electron chi connectivity index (χ0n) is 17.7. The Hall–Kier alpha value is -1.74. The Bertz CT molecular complexity index is 703. The molecule has 148 valence electrons. The predicted octanol–water partition coefficient (Wildman–Crippen LogP) is 7.75. The van der Waals surface area contributed by atoms with Gasteiger partial charge in [0.05, 0.1) is 6.67 Å². The van der Waals surface area contributed by atoms with Gasteiger partial charge in [0.15, 0.2) is 0 Å². The first-order chi connectivity index (χ1) is 12.8. The maximum atomic E-state index is 10.7. The summed E-state index contributed by atoms with van der Waals surface area (Å²) in [7, 11) is 4.13. The lowest BCUT2D eigenvalue weighted by Crippen LogP contribution is -2.07. The second-order valence-electron chi connectivity index (χ2n) is 7.35. The molecule has 3 heteroatoms. The van der Waals surface area contributed by atoms with Gasteiger partial charge in [-0.15, -0.1) is 0 Å². The monoisotopic (exact) mass is 387 g/mol. The fourth-order valence-corrected chi connectivity index (χ4v) is 3.64. The Morgan fingerprint density at radius 2 is 1.63 bits per heavy atom. The number of alkyl halides is 1. The molecule has 0 saturated heterocycles. The van der Waals surface area contributed by atoms with Gasteiger partial charge in [0, 0.05) is 24.7 Å². The Kier molecular flexibility index (Phi) is 10.2. The fraction of sp³-hybridized carbons (Fsp3) is 0.417. The van der Waals surface area contributed by atoms with Gasteiger partial charge in [-0.1, -0.05) is 63.4 Å². The fourth-order valence-electron chi connectivity index (χ4n) is 2.49. The third kappa shape index (κ3) is 8.21. The van der Waals surface area contributed by atoms with E-state index in [4.69, 9.17) is 0 Å². The van der Waals surface area contributed by atoms with E-state index < -0.39 is 0 Å². The molecule has 2 aromatic carbocycles. The molecule has 0 saturated carbocycles. The summed E-state index contributed by atoms with van der Waals surface area (Å²) in [4.78, 5) is 4.67. The molecule has 0 N–H and O–H groups in total. The predicted molar refractivity (Wildman–Crippen MR) is 122 cm³/mol. The average Bonchev–Trinajstić information content (AvgIpc) is 2.63. The van der Waals surface area contributed by atoms with Crippen molar-refractivity contribution in [2.45, 2.75) is 45.4 Å². The molecule has 0 fully saturated rings. The molecule has 0 aliphatic rings. The number of halogens is 1. The van der Waals surface area contributed by atoms with E-state index in [9.17, 15) is 4.39 Å². The van der Waals surface area contributed by atoms with Crippen LogP contribution in [-0.2, 0) is 0 Å². The highest BCUT2D eigenvalue weighted by atomic mass is 32.2. The zero-order chi connectivity index (χ0) is 20.4. The number of hydrogen-bond acceptors (Lipinski definition) is 2. The molecule has 0 amide bonds. The Labute approximate surface area is 169 Å². The maximum Gasteiger partial charge on any atom is 0.0891 e. The highest BCUT2D eigenvalue weighted by Crippen LogP contribution is 2.35. The van der Waals surface area contributed by atoms with E-state index in [0.717, 1.165) is 6.42 Å². The molecule has 2 aromatic rings. The van der Waals surface area contributed by atoms with Crippen LogP contribution in [0.3, 0.4) is 0 Å². The molecule has 0 atom stereocenters. The van der Waals surface area contributed by atoms with Gasteiger partial charge in [-0.25, -0.2) is 0 Å². The second kappa shape index (κ2) is 11.9. The summed E-state index contributed by atoms with van der Waals surface area (Å²) >= 11 is 1.81. The molecule has 0 radical (unpaired) electrons. The Morgan fingerprint density at radius 1 is 1.07 bits per heavy atom. The van der Waals surface area contributed by atoms with Gasteiger partial charge in [-0.3, -0.25) is 4.39 Å². The maximum absolute atomic E-state index is 10.7. The SMILES string of the molecule is C=C(CC(C)C)Sc1cc(-c2ccc(N(C)C)cc2)ccc1C.CCCF. The smallest absolute Gasteiger partial charge is 0.0891 e. The van der Waals surface area contributed by atoms with Crippen molar-refractivity contribution in [3.05, 3.63) is 59.5 Å². The standard InChI is InChI=1S/C21H27NS.C3H7F/c1-15(2)13-17(4)23-21-14-19(8-7-16(21)3)18-9-11-20(12-10-18)22(5)6;1-2-3-4/h7-12,14-15H,4,13H2,1-3,5-6H3;2-3H2,1H3. The lowest BCUT2D eigenvalue weighted by Gasteiger charge is -2.14. The van der Waals surface area contributed by atoms with Crippen LogP contribution in [0.1, 0.15) is 39.2 Å². The summed E-state index contributed by atoms with van der Waals surface area (Å²) < 4.78 is 10.7. The van der Waals surface area contributed by atoms with Gasteiger partial charge in [-0.2, -0.15) is 0 Å². The first-order valence-corrected chi connectivity index (χ1v) is 10.4. The van der Waals surface area contributed by atoms with Gasteiger partial charge in [-0.05, 0) is 65.5 Å². The van der Waals surface area contributed by atoms with Crippen LogP contribution >= 0.6 is 11.8 Å². The Balaban J connectivity index is 0.000000828. The third-order valence-electron chi connectivity index (χ3n) is 3.98. The molecule has 2 rings (SSSR count). The lowest BCUT2D eigenvalue weighted by atomic mass is 10.0. The third-order valence-corrected chi connectivity index (χ3v) is 5.10. The largest absolute Gasteiger partial charge is 0.378 e. The highest BCUT2D eigenvalue weighted by molar-refractivity contribution is 8.03. The molecular formula is C24H34FNS. The molecule has 0 aliphatic heterocycles. The van der Waals surface area contributed by atoms with Crippen LogP contribution in [0.2, 0.25) is 0 Å². The summed E-state index contributed by atoms with van der Waals surface area (Å²) in [5.74, 6) is 0.650. The van der Waals surface area contributed by atoms with Crippen LogP contribution in [0, 0.1) is 12.8 Å². The number of anilines is 1. The molecule has 0 aromatic heterocycles. The van der Waals surface area contributed by atoms with Gasteiger partial charge in [0.25, 0.3) is 0 Å². The van der Waals surface area contributed by atoms with Gasteiger partial charge < -0.3 is 4.90 Å². The quantitative estimate of drug-likeness (QED) is 0.447. The normalized spacial score (nSPS) is 10.4. The van der Waals surface area contributed by atoms with Crippen LogP contribution in [0.25, 0.3) is 11.1 Å². The van der Waals surface area contributed by atoms with Crippen LogP contribution in [0.15, 0.2) is 58.8 Å². The van der Waals surface area contributed by atoms with Crippen molar-refractivity contribution >= 4 is 17.4 Å². The van der Waals surface area contributed by atoms with Gasteiger partial charge in [0.1, 0.15) is 0 Å². The van der Waals surface area contributed by atoms with Crippen LogP contribution in [-0.4, -0.2) is 20.8 Å². The minimum atomic E-state index is -0.181. The highest BCUT2D eigenvalue weighted by Gasteiger charge is 2.07. The van der Waals surface area contributed by atoms with Crippen molar-refractivity contribution in [1.82, 2.24) is 0 Å². The Morgan fingerprint density at radius 3 is 2.11 bits per heavy atom. The zero-order valence-corrected chi connectivity index (χ0v) is 18.5. The number of rotatable bonds is 7. The van der Waals surface area contributed by atoms with Crippen molar-refractivity contribution in [3.63, 3.8) is 0 Å². The van der Waals surface area contributed by atoms with Crippen LogP contribution < -0.4 is 4.90 Å². The summed E-state index contributed by atoms with van der Waals surface area (Å²) in [6.45, 7) is 12.5. The second-order valence-corrected chi connectivity index (χ2v) is 8.57. The van der Waals surface area contributed by atoms with Gasteiger partial charge in [0.2, 0.25) is 0 Å². The summed E-state index contributed by atoms with van der Waals surface area (Å²) in [5, 5.41) is 0. The number of nitrogens with zero attached hydrogens (tertiary/aromatic N) is 1. The first kappa shape index (κ1) is 23.3. The molecule has 0 spiro atoms. The van der Waals surface area contributed by atoms with E-state index in [1.165, 1.54) is 32.2 Å². The minimum absolute atomic E-state index is 0.181. The summed E-state index contributed by atoms with van der Waals surface area (Å²) in [5.41, 5.74) is 5.06. The summed E-state index contributed by atoms with van der Waals surface area (Å²) in [6.07, 6.45) is 1.71. The molecule has 0 aliphatic carbocycles. The molecular weight excluding hydrogens is 353 g/mol. The summed E-state index contributed by atoms with van der Waals surface area (Å²) in [6, 6.07) is 15.4. The van der Waals surface area contributed by atoms with E-state index in [0.29, 0.717) is 12.3 Å². The van der Waals surface area contributed by atoms with Crippen molar-refractivity contribution in [2.75, 3.05) is 25.7 Å². The molecule has 0 bridgehead atoms. The number of benzene rings is 2. The number of thioether (sulfide) groups is 1.